The fraction of sp³-hybridized carbons (Fsp3) is 0.500. The summed E-state index contributed by atoms with van der Waals surface area (Å²) in [6.45, 7) is 1.06. The Labute approximate surface area is 93.4 Å². The molecule has 1 aromatic rings. The number of hydrogen-bond acceptors (Lipinski definition) is 2. The van der Waals surface area contributed by atoms with Crippen molar-refractivity contribution >= 4 is 11.8 Å². The minimum absolute atomic E-state index is 0.0235. The van der Waals surface area contributed by atoms with Crippen molar-refractivity contribution in [3.8, 4) is 0 Å². The van der Waals surface area contributed by atoms with Crippen molar-refractivity contribution in [1.29, 1.82) is 0 Å². The third-order valence-electron chi connectivity index (χ3n) is 3.36. The van der Waals surface area contributed by atoms with Gasteiger partial charge in [0.25, 0.3) is 0 Å². The molecule has 15 heavy (non-hydrogen) atoms. The molecule has 1 atom stereocenters. The molecule has 1 unspecified atom stereocenters. The summed E-state index contributed by atoms with van der Waals surface area (Å²) in [5, 5.41) is 3.57. The van der Waals surface area contributed by atoms with Gasteiger partial charge in [-0.3, -0.25) is 5.32 Å². The molecule has 0 radical (unpaired) electrons. The van der Waals surface area contributed by atoms with Gasteiger partial charge in [0.05, 0.1) is 4.87 Å². The van der Waals surface area contributed by atoms with Crippen LogP contribution < -0.4 is 5.32 Å². The largest absolute Gasteiger partial charge is 0.299 e. The first-order valence-electron chi connectivity index (χ1n) is 5.49. The van der Waals surface area contributed by atoms with Crippen molar-refractivity contribution < 1.29 is 4.39 Å². The summed E-state index contributed by atoms with van der Waals surface area (Å²) in [6, 6.07) is 5.49. The first-order chi connectivity index (χ1) is 7.32. The molecular weight excluding hydrogens is 209 g/mol. The van der Waals surface area contributed by atoms with Crippen LogP contribution in [0.1, 0.15) is 24.0 Å². The molecule has 0 saturated carbocycles. The van der Waals surface area contributed by atoms with Crippen molar-refractivity contribution in [3.63, 3.8) is 0 Å². The third-order valence-corrected chi connectivity index (χ3v) is 4.92. The summed E-state index contributed by atoms with van der Waals surface area (Å²) >= 11 is 1.95. The molecule has 1 saturated heterocycles. The van der Waals surface area contributed by atoms with Crippen LogP contribution in [0.2, 0.25) is 0 Å². The average molecular weight is 223 g/mol. The maximum Gasteiger partial charge on any atom is 0.126 e. The van der Waals surface area contributed by atoms with Gasteiger partial charge in [-0.2, -0.15) is 0 Å². The molecule has 1 nitrogen and oxygen atoms in total. The van der Waals surface area contributed by atoms with Crippen LogP contribution >= 0.6 is 11.8 Å². The van der Waals surface area contributed by atoms with Crippen LogP contribution in [0, 0.1) is 5.82 Å². The van der Waals surface area contributed by atoms with E-state index >= 15 is 0 Å². The lowest BCUT2D eigenvalue weighted by Gasteiger charge is -2.35. The summed E-state index contributed by atoms with van der Waals surface area (Å²) in [6.07, 6.45) is 3.13. The lowest BCUT2D eigenvalue weighted by molar-refractivity contribution is 0.466. The van der Waals surface area contributed by atoms with Crippen LogP contribution in [0.25, 0.3) is 0 Å². The zero-order valence-electron chi connectivity index (χ0n) is 8.55. The van der Waals surface area contributed by atoms with E-state index in [0.717, 1.165) is 24.9 Å². The maximum atomic E-state index is 13.6. The van der Waals surface area contributed by atoms with Gasteiger partial charge in [-0.25, -0.2) is 4.39 Å². The second kappa shape index (κ2) is 3.49. The second-order valence-electron chi connectivity index (χ2n) is 4.22. The topological polar surface area (TPSA) is 12.0 Å². The van der Waals surface area contributed by atoms with Gasteiger partial charge in [-0.1, -0.05) is 12.1 Å². The van der Waals surface area contributed by atoms with E-state index in [1.54, 1.807) is 6.07 Å². The van der Waals surface area contributed by atoms with Crippen molar-refractivity contribution in [1.82, 2.24) is 5.32 Å². The SMILES string of the molecule is Fc1cccc2c1CCC21NCCCS1. The molecule has 0 amide bonds. The van der Waals surface area contributed by atoms with Gasteiger partial charge in [-0.15, -0.1) is 11.8 Å². The predicted molar refractivity (Wildman–Crippen MR) is 61.5 cm³/mol. The van der Waals surface area contributed by atoms with Crippen molar-refractivity contribution in [2.24, 2.45) is 0 Å². The number of nitrogens with one attached hydrogen (secondary N) is 1. The number of halogens is 1. The summed E-state index contributed by atoms with van der Waals surface area (Å²) < 4.78 is 13.6. The summed E-state index contributed by atoms with van der Waals surface area (Å²) in [4.78, 5) is 0.0235. The minimum atomic E-state index is -0.0302. The molecule has 1 N–H and O–H groups in total. The lowest BCUT2D eigenvalue weighted by Crippen LogP contribution is -2.41. The molecule has 1 aliphatic heterocycles. The van der Waals surface area contributed by atoms with E-state index in [2.05, 4.69) is 11.4 Å². The van der Waals surface area contributed by atoms with Gasteiger partial charge in [0, 0.05) is 0 Å². The molecule has 1 aliphatic carbocycles. The Morgan fingerprint density at radius 1 is 1.40 bits per heavy atom. The van der Waals surface area contributed by atoms with E-state index < -0.39 is 0 Å². The normalized spacial score (nSPS) is 29.4. The average Bonchev–Trinajstić information content (AvgIpc) is 2.61. The maximum absolute atomic E-state index is 13.6. The standard InChI is InChI=1S/C12H14FNS/c13-11-4-1-3-10-9(11)5-6-12(10)14-7-2-8-15-12/h1,3-4,14H,2,5-8H2. The van der Waals surface area contributed by atoms with E-state index in [1.165, 1.54) is 17.7 Å². The zero-order chi connectivity index (χ0) is 10.3. The Hall–Kier alpha value is -0.540. The van der Waals surface area contributed by atoms with Crippen LogP contribution in [-0.4, -0.2) is 12.3 Å². The quantitative estimate of drug-likeness (QED) is 0.725. The summed E-state index contributed by atoms with van der Waals surface area (Å²) in [5.41, 5.74) is 2.12. The Bertz CT molecular complexity index is 385. The Morgan fingerprint density at radius 3 is 3.13 bits per heavy atom. The van der Waals surface area contributed by atoms with Gasteiger partial charge < -0.3 is 0 Å². The molecular formula is C12H14FNS. The van der Waals surface area contributed by atoms with E-state index in [4.69, 9.17) is 0 Å². The number of thioether (sulfide) groups is 1. The molecule has 80 valence electrons. The highest BCUT2D eigenvalue weighted by atomic mass is 32.2. The highest BCUT2D eigenvalue weighted by molar-refractivity contribution is 8.00. The Morgan fingerprint density at radius 2 is 2.33 bits per heavy atom. The molecule has 1 aromatic carbocycles. The summed E-state index contributed by atoms with van der Waals surface area (Å²) in [5.74, 6) is 1.15. The van der Waals surface area contributed by atoms with E-state index in [1.807, 2.05) is 17.8 Å². The van der Waals surface area contributed by atoms with E-state index in [-0.39, 0.29) is 10.7 Å². The van der Waals surface area contributed by atoms with Gasteiger partial charge in [0.2, 0.25) is 0 Å². The minimum Gasteiger partial charge on any atom is -0.299 e. The van der Waals surface area contributed by atoms with Crippen LogP contribution in [0.4, 0.5) is 4.39 Å². The fourth-order valence-electron chi connectivity index (χ4n) is 2.62. The number of rotatable bonds is 0. The van der Waals surface area contributed by atoms with Crippen LogP contribution in [-0.2, 0) is 11.3 Å². The van der Waals surface area contributed by atoms with Crippen molar-refractivity contribution in [2.45, 2.75) is 24.1 Å². The van der Waals surface area contributed by atoms with E-state index in [9.17, 15) is 4.39 Å². The van der Waals surface area contributed by atoms with Gasteiger partial charge >= 0.3 is 0 Å². The van der Waals surface area contributed by atoms with Crippen molar-refractivity contribution in [2.75, 3.05) is 12.3 Å². The third kappa shape index (κ3) is 1.41. The molecule has 3 heteroatoms. The first-order valence-corrected chi connectivity index (χ1v) is 6.47. The Kier molecular flexibility index (Phi) is 2.25. The van der Waals surface area contributed by atoms with Crippen LogP contribution in [0.15, 0.2) is 18.2 Å². The molecule has 1 heterocycles. The fourth-order valence-corrected chi connectivity index (χ4v) is 4.05. The molecule has 3 rings (SSSR count). The molecule has 2 aliphatic rings. The Balaban J connectivity index is 2.06. The second-order valence-corrected chi connectivity index (χ2v) is 5.62. The van der Waals surface area contributed by atoms with Gasteiger partial charge in [0.1, 0.15) is 5.82 Å². The number of fused-ring (bicyclic) bond motifs is 2. The summed E-state index contributed by atoms with van der Waals surface area (Å²) in [7, 11) is 0. The van der Waals surface area contributed by atoms with Crippen LogP contribution in [0.3, 0.4) is 0 Å². The highest BCUT2D eigenvalue weighted by Gasteiger charge is 2.41. The zero-order valence-corrected chi connectivity index (χ0v) is 9.37. The van der Waals surface area contributed by atoms with Crippen molar-refractivity contribution in [3.05, 3.63) is 35.1 Å². The molecule has 0 aromatic heterocycles. The number of benzene rings is 1. The highest BCUT2D eigenvalue weighted by Crippen LogP contribution is 2.47. The van der Waals surface area contributed by atoms with Crippen LogP contribution in [0.5, 0.6) is 0 Å². The molecule has 1 spiro atoms. The smallest absolute Gasteiger partial charge is 0.126 e. The monoisotopic (exact) mass is 223 g/mol. The predicted octanol–water partition coefficient (Wildman–Crippen LogP) is 2.65. The number of hydrogen-bond donors (Lipinski definition) is 1. The van der Waals surface area contributed by atoms with Gasteiger partial charge in [-0.05, 0) is 48.8 Å². The molecule has 1 fully saturated rings. The van der Waals surface area contributed by atoms with E-state index in [0.29, 0.717) is 0 Å². The lowest BCUT2D eigenvalue weighted by atomic mass is 10.1. The molecule has 0 bridgehead atoms. The van der Waals surface area contributed by atoms with Gasteiger partial charge in [0.15, 0.2) is 0 Å². The first kappa shape index (κ1) is 9.67.